The van der Waals surface area contributed by atoms with Crippen LogP contribution in [0.2, 0.25) is 5.02 Å². The van der Waals surface area contributed by atoms with Gasteiger partial charge in [-0.25, -0.2) is 0 Å². The molecular formula is C15H21ClN2O2. The Labute approximate surface area is 124 Å². The molecule has 0 aliphatic carbocycles. The molecule has 1 aromatic carbocycles. The molecule has 2 aliphatic rings. The number of ether oxygens (including phenoxy) is 2. The van der Waals surface area contributed by atoms with Crippen molar-refractivity contribution in [1.29, 1.82) is 0 Å². The van der Waals surface area contributed by atoms with Crippen LogP contribution >= 0.6 is 11.6 Å². The number of fused-ring (bicyclic) bond motifs is 1. The molecule has 0 bridgehead atoms. The lowest BCUT2D eigenvalue weighted by atomic mass is 9.98. The van der Waals surface area contributed by atoms with Gasteiger partial charge in [0.15, 0.2) is 11.5 Å². The van der Waals surface area contributed by atoms with E-state index in [0.29, 0.717) is 18.2 Å². The molecule has 20 heavy (non-hydrogen) atoms. The van der Waals surface area contributed by atoms with E-state index in [1.165, 1.54) is 12.8 Å². The highest BCUT2D eigenvalue weighted by molar-refractivity contribution is 6.30. The van der Waals surface area contributed by atoms with Crippen LogP contribution in [-0.2, 0) is 6.54 Å². The Morgan fingerprint density at radius 2 is 2.00 bits per heavy atom. The van der Waals surface area contributed by atoms with Gasteiger partial charge in [0.25, 0.3) is 0 Å². The van der Waals surface area contributed by atoms with Crippen molar-refractivity contribution in [2.75, 3.05) is 32.8 Å². The molecule has 2 heterocycles. The molecule has 0 aromatic heterocycles. The highest BCUT2D eigenvalue weighted by Crippen LogP contribution is 2.36. The van der Waals surface area contributed by atoms with E-state index in [4.69, 9.17) is 21.1 Å². The molecule has 4 nitrogen and oxygen atoms in total. The van der Waals surface area contributed by atoms with Crippen LogP contribution in [0.25, 0.3) is 0 Å². The van der Waals surface area contributed by atoms with Gasteiger partial charge in [-0.1, -0.05) is 11.6 Å². The van der Waals surface area contributed by atoms with Crippen molar-refractivity contribution >= 4 is 11.6 Å². The second-order valence-electron chi connectivity index (χ2n) is 5.41. The molecule has 0 saturated carbocycles. The Hall–Kier alpha value is -0.970. The molecule has 3 rings (SSSR count). The summed E-state index contributed by atoms with van der Waals surface area (Å²) in [5, 5.41) is 7.62. The van der Waals surface area contributed by atoms with Crippen LogP contribution < -0.4 is 20.1 Å². The number of nitrogens with one attached hydrogen (secondary N) is 2. The zero-order valence-corrected chi connectivity index (χ0v) is 12.3. The molecule has 0 unspecified atom stereocenters. The van der Waals surface area contributed by atoms with Crippen molar-refractivity contribution in [2.45, 2.75) is 19.4 Å². The maximum absolute atomic E-state index is 6.14. The molecule has 5 heteroatoms. The van der Waals surface area contributed by atoms with Crippen LogP contribution in [0.15, 0.2) is 12.1 Å². The number of piperidine rings is 1. The van der Waals surface area contributed by atoms with E-state index in [1.54, 1.807) is 0 Å². The summed E-state index contributed by atoms with van der Waals surface area (Å²) in [6, 6.07) is 3.79. The van der Waals surface area contributed by atoms with E-state index in [0.717, 1.165) is 49.2 Å². The first-order chi connectivity index (χ1) is 9.83. The van der Waals surface area contributed by atoms with E-state index >= 15 is 0 Å². The SMILES string of the molecule is Clc1cc(CNCC2CCNCC2)c2c(c1)OCCO2. The van der Waals surface area contributed by atoms with E-state index in [9.17, 15) is 0 Å². The lowest BCUT2D eigenvalue weighted by Crippen LogP contribution is -2.33. The number of hydrogen-bond donors (Lipinski definition) is 2. The van der Waals surface area contributed by atoms with E-state index in [1.807, 2.05) is 12.1 Å². The van der Waals surface area contributed by atoms with Crippen molar-refractivity contribution in [3.05, 3.63) is 22.7 Å². The molecule has 1 aromatic rings. The summed E-state index contributed by atoms with van der Waals surface area (Å²) in [4.78, 5) is 0. The van der Waals surface area contributed by atoms with Crippen molar-refractivity contribution in [2.24, 2.45) is 5.92 Å². The fraction of sp³-hybridized carbons (Fsp3) is 0.600. The molecule has 0 radical (unpaired) electrons. The van der Waals surface area contributed by atoms with Gasteiger partial charge >= 0.3 is 0 Å². The number of hydrogen-bond acceptors (Lipinski definition) is 4. The monoisotopic (exact) mass is 296 g/mol. The van der Waals surface area contributed by atoms with Gasteiger partial charge in [-0.3, -0.25) is 0 Å². The summed E-state index contributed by atoms with van der Waals surface area (Å²) in [6.45, 7) is 5.29. The van der Waals surface area contributed by atoms with Gasteiger partial charge in [0, 0.05) is 23.2 Å². The van der Waals surface area contributed by atoms with Gasteiger partial charge in [-0.2, -0.15) is 0 Å². The summed E-state index contributed by atoms with van der Waals surface area (Å²) < 4.78 is 11.3. The molecule has 1 saturated heterocycles. The van der Waals surface area contributed by atoms with Crippen LogP contribution in [0.3, 0.4) is 0 Å². The quantitative estimate of drug-likeness (QED) is 0.894. The summed E-state index contributed by atoms with van der Waals surface area (Å²) in [7, 11) is 0. The number of rotatable bonds is 4. The van der Waals surface area contributed by atoms with Gasteiger partial charge in [-0.15, -0.1) is 0 Å². The summed E-state index contributed by atoms with van der Waals surface area (Å²) in [6.07, 6.45) is 2.50. The Morgan fingerprint density at radius 3 is 2.85 bits per heavy atom. The van der Waals surface area contributed by atoms with Crippen molar-refractivity contribution in [1.82, 2.24) is 10.6 Å². The highest BCUT2D eigenvalue weighted by Gasteiger charge is 2.18. The maximum atomic E-state index is 6.14. The molecule has 110 valence electrons. The second-order valence-corrected chi connectivity index (χ2v) is 5.85. The van der Waals surface area contributed by atoms with E-state index in [2.05, 4.69) is 10.6 Å². The third-order valence-electron chi connectivity index (χ3n) is 3.89. The van der Waals surface area contributed by atoms with Gasteiger partial charge in [0.2, 0.25) is 0 Å². The number of halogens is 1. The van der Waals surface area contributed by atoms with Crippen LogP contribution in [0, 0.1) is 5.92 Å². The zero-order chi connectivity index (χ0) is 13.8. The molecular weight excluding hydrogens is 276 g/mol. The van der Waals surface area contributed by atoms with Crippen molar-refractivity contribution < 1.29 is 9.47 Å². The van der Waals surface area contributed by atoms with Crippen LogP contribution in [0.5, 0.6) is 11.5 Å². The largest absolute Gasteiger partial charge is 0.486 e. The first kappa shape index (κ1) is 14.0. The van der Waals surface area contributed by atoms with Gasteiger partial charge < -0.3 is 20.1 Å². The third-order valence-corrected chi connectivity index (χ3v) is 4.11. The lowest BCUT2D eigenvalue weighted by molar-refractivity contribution is 0.169. The van der Waals surface area contributed by atoms with Crippen molar-refractivity contribution in [3.63, 3.8) is 0 Å². The van der Waals surface area contributed by atoms with Crippen molar-refractivity contribution in [3.8, 4) is 11.5 Å². The van der Waals surface area contributed by atoms with Crippen LogP contribution in [0.4, 0.5) is 0 Å². The minimum Gasteiger partial charge on any atom is -0.486 e. The predicted octanol–water partition coefficient (Wildman–Crippen LogP) is 2.20. The van der Waals surface area contributed by atoms with Gasteiger partial charge in [0.05, 0.1) is 0 Å². The summed E-state index contributed by atoms with van der Waals surface area (Å²) >= 11 is 6.14. The zero-order valence-electron chi connectivity index (χ0n) is 11.6. The molecule has 0 amide bonds. The average molecular weight is 297 g/mol. The topological polar surface area (TPSA) is 42.5 Å². The minimum absolute atomic E-state index is 0.593. The van der Waals surface area contributed by atoms with E-state index < -0.39 is 0 Å². The standard InChI is InChI=1S/C15H21ClN2O2/c16-13-7-12(15-14(8-13)19-5-6-20-15)10-18-9-11-1-3-17-4-2-11/h7-8,11,17-18H,1-6,9-10H2. The van der Waals surface area contributed by atoms with Crippen LogP contribution in [0.1, 0.15) is 18.4 Å². The first-order valence-corrected chi connectivity index (χ1v) is 7.70. The Bertz CT molecular complexity index is 461. The third kappa shape index (κ3) is 3.37. The predicted molar refractivity (Wildman–Crippen MR) is 79.7 cm³/mol. The second kappa shape index (κ2) is 6.66. The Balaban J connectivity index is 1.60. The summed E-state index contributed by atoms with van der Waals surface area (Å²) in [5.74, 6) is 2.38. The average Bonchev–Trinajstić information content (AvgIpc) is 2.48. The normalized spacial score (nSPS) is 19.1. The van der Waals surface area contributed by atoms with Gasteiger partial charge in [0.1, 0.15) is 13.2 Å². The molecule has 2 aliphatic heterocycles. The smallest absolute Gasteiger partial charge is 0.165 e. The highest BCUT2D eigenvalue weighted by atomic mass is 35.5. The first-order valence-electron chi connectivity index (χ1n) is 7.32. The lowest BCUT2D eigenvalue weighted by Gasteiger charge is -2.24. The fourth-order valence-corrected chi connectivity index (χ4v) is 3.05. The minimum atomic E-state index is 0.593. The molecule has 0 atom stereocenters. The number of benzene rings is 1. The molecule has 2 N–H and O–H groups in total. The van der Waals surface area contributed by atoms with Gasteiger partial charge in [-0.05, 0) is 44.5 Å². The summed E-state index contributed by atoms with van der Waals surface area (Å²) in [5.41, 5.74) is 1.08. The molecule has 0 spiro atoms. The van der Waals surface area contributed by atoms with Crippen LogP contribution in [-0.4, -0.2) is 32.8 Å². The maximum Gasteiger partial charge on any atom is 0.165 e. The fourth-order valence-electron chi connectivity index (χ4n) is 2.82. The molecule has 1 fully saturated rings. The van der Waals surface area contributed by atoms with E-state index in [-0.39, 0.29) is 0 Å². The Kier molecular flexibility index (Phi) is 4.65. The Morgan fingerprint density at radius 1 is 1.20 bits per heavy atom.